The summed E-state index contributed by atoms with van der Waals surface area (Å²) in [6.45, 7) is 0.321. The highest BCUT2D eigenvalue weighted by atomic mass is 79.9. The fraction of sp³-hybridized carbons (Fsp3) is 0.133. The Morgan fingerprint density at radius 2 is 1.89 bits per heavy atom. The van der Waals surface area contributed by atoms with Crippen LogP contribution in [0, 0.1) is 0 Å². The molecule has 0 aliphatic heterocycles. The highest BCUT2D eigenvalue weighted by Gasteiger charge is 2.12. The van der Waals surface area contributed by atoms with Crippen LogP contribution in [0.15, 0.2) is 53.0 Å². The van der Waals surface area contributed by atoms with Gasteiger partial charge in [0.15, 0.2) is 0 Å². The molecular formula is C15H13BrO3. The minimum atomic E-state index is -0.368. The van der Waals surface area contributed by atoms with E-state index in [0.29, 0.717) is 12.2 Å². The van der Waals surface area contributed by atoms with Crippen LogP contribution in [0.25, 0.3) is 0 Å². The second-order valence-electron chi connectivity index (χ2n) is 3.89. The molecule has 0 aliphatic rings. The van der Waals surface area contributed by atoms with Gasteiger partial charge in [0.1, 0.15) is 12.4 Å². The van der Waals surface area contributed by atoms with Crippen molar-refractivity contribution in [3.8, 4) is 5.75 Å². The Hall–Kier alpha value is -1.81. The molecule has 0 N–H and O–H groups in total. The number of hydrogen-bond acceptors (Lipinski definition) is 3. The Labute approximate surface area is 120 Å². The fourth-order valence-electron chi connectivity index (χ4n) is 1.65. The third-order valence-electron chi connectivity index (χ3n) is 2.61. The maximum atomic E-state index is 11.7. The predicted octanol–water partition coefficient (Wildman–Crippen LogP) is 3.81. The van der Waals surface area contributed by atoms with E-state index >= 15 is 0 Å². The van der Waals surface area contributed by atoms with Crippen molar-refractivity contribution in [2.24, 2.45) is 0 Å². The zero-order chi connectivity index (χ0) is 13.7. The highest BCUT2D eigenvalue weighted by molar-refractivity contribution is 9.10. The summed E-state index contributed by atoms with van der Waals surface area (Å²) in [5, 5.41) is 0. The zero-order valence-corrected chi connectivity index (χ0v) is 12.0. The van der Waals surface area contributed by atoms with Gasteiger partial charge >= 0.3 is 5.97 Å². The van der Waals surface area contributed by atoms with E-state index in [9.17, 15) is 4.79 Å². The standard InChI is InChI=1S/C15H13BrO3/c1-18-15(17)14-9-12(16)8-7-11(14)10-19-13-5-3-2-4-6-13/h2-9H,10H2,1H3. The van der Waals surface area contributed by atoms with Gasteiger partial charge < -0.3 is 9.47 Å². The Balaban J connectivity index is 2.18. The van der Waals surface area contributed by atoms with Crippen LogP contribution in [0.4, 0.5) is 0 Å². The molecule has 2 aromatic carbocycles. The summed E-state index contributed by atoms with van der Waals surface area (Å²) in [6, 6.07) is 14.9. The molecule has 0 atom stereocenters. The maximum absolute atomic E-state index is 11.7. The molecule has 0 aromatic heterocycles. The lowest BCUT2D eigenvalue weighted by Gasteiger charge is -2.10. The van der Waals surface area contributed by atoms with Gasteiger partial charge in [0.05, 0.1) is 12.7 Å². The Morgan fingerprint density at radius 1 is 1.16 bits per heavy atom. The number of esters is 1. The molecule has 0 saturated carbocycles. The molecule has 0 spiro atoms. The van der Waals surface area contributed by atoms with Crippen LogP contribution in [0.3, 0.4) is 0 Å². The summed E-state index contributed by atoms with van der Waals surface area (Å²) in [5.41, 5.74) is 1.30. The lowest BCUT2D eigenvalue weighted by Crippen LogP contribution is -2.08. The number of carbonyl (C=O) groups is 1. The SMILES string of the molecule is COC(=O)c1cc(Br)ccc1COc1ccccc1. The van der Waals surface area contributed by atoms with Gasteiger partial charge in [0, 0.05) is 10.0 Å². The number of halogens is 1. The third-order valence-corrected chi connectivity index (χ3v) is 3.11. The van der Waals surface area contributed by atoms with Gasteiger partial charge in [-0.1, -0.05) is 40.2 Å². The van der Waals surface area contributed by atoms with Crippen molar-refractivity contribution in [2.45, 2.75) is 6.61 Å². The van der Waals surface area contributed by atoms with E-state index in [1.807, 2.05) is 42.5 Å². The van der Waals surface area contributed by atoms with Crippen LogP contribution in [0.5, 0.6) is 5.75 Å². The lowest BCUT2D eigenvalue weighted by molar-refractivity contribution is 0.0597. The quantitative estimate of drug-likeness (QED) is 0.803. The number of ether oxygens (including phenoxy) is 2. The largest absolute Gasteiger partial charge is 0.489 e. The van der Waals surface area contributed by atoms with Gasteiger partial charge in [-0.15, -0.1) is 0 Å². The smallest absolute Gasteiger partial charge is 0.338 e. The second kappa shape index (κ2) is 6.38. The molecular weight excluding hydrogens is 308 g/mol. The summed E-state index contributed by atoms with van der Waals surface area (Å²) in [4.78, 5) is 11.7. The van der Waals surface area contributed by atoms with Crippen molar-refractivity contribution in [2.75, 3.05) is 7.11 Å². The summed E-state index contributed by atoms with van der Waals surface area (Å²) in [6.07, 6.45) is 0. The first kappa shape index (κ1) is 13.6. The normalized spacial score (nSPS) is 10.0. The zero-order valence-electron chi connectivity index (χ0n) is 10.4. The molecule has 3 nitrogen and oxygen atoms in total. The minimum Gasteiger partial charge on any atom is -0.489 e. The number of para-hydroxylation sites is 1. The number of methoxy groups -OCH3 is 1. The predicted molar refractivity (Wildman–Crippen MR) is 76.3 cm³/mol. The molecule has 0 amide bonds. The average Bonchev–Trinajstić information content (AvgIpc) is 2.46. The second-order valence-corrected chi connectivity index (χ2v) is 4.81. The molecule has 2 aromatic rings. The molecule has 0 bridgehead atoms. The number of benzene rings is 2. The molecule has 0 saturated heterocycles. The molecule has 0 unspecified atom stereocenters. The monoisotopic (exact) mass is 320 g/mol. The van der Waals surface area contributed by atoms with Crippen LogP contribution in [-0.4, -0.2) is 13.1 Å². The van der Waals surface area contributed by atoms with Crippen LogP contribution in [0.2, 0.25) is 0 Å². The summed E-state index contributed by atoms with van der Waals surface area (Å²) in [7, 11) is 1.37. The first-order valence-corrected chi connectivity index (χ1v) is 6.54. The van der Waals surface area contributed by atoms with Crippen LogP contribution < -0.4 is 4.74 Å². The van der Waals surface area contributed by atoms with E-state index in [0.717, 1.165) is 15.8 Å². The van der Waals surface area contributed by atoms with Crippen LogP contribution in [0.1, 0.15) is 15.9 Å². The molecule has 4 heteroatoms. The van der Waals surface area contributed by atoms with Crippen molar-refractivity contribution in [1.82, 2.24) is 0 Å². The number of rotatable bonds is 4. The lowest BCUT2D eigenvalue weighted by atomic mass is 10.1. The fourth-order valence-corrected chi connectivity index (χ4v) is 2.01. The Bertz CT molecular complexity index is 567. The molecule has 19 heavy (non-hydrogen) atoms. The van der Waals surface area contributed by atoms with Gasteiger partial charge in [-0.3, -0.25) is 0 Å². The van der Waals surface area contributed by atoms with Crippen molar-refractivity contribution in [3.05, 3.63) is 64.1 Å². The average molecular weight is 321 g/mol. The van der Waals surface area contributed by atoms with Gasteiger partial charge in [0.25, 0.3) is 0 Å². The summed E-state index contributed by atoms with van der Waals surface area (Å²) < 4.78 is 11.2. The van der Waals surface area contributed by atoms with E-state index < -0.39 is 0 Å². The van der Waals surface area contributed by atoms with Crippen molar-refractivity contribution in [1.29, 1.82) is 0 Å². The number of hydrogen-bond donors (Lipinski definition) is 0. The Morgan fingerprint density at radius 3 is 2.58 bits per heavy atom. The van der Waals surface area contributed by atoms with Crippen molar-refractivity contribution < 1.29 is 14.3 Å². The molecule has 0 aliphatic carbocycles. The third kappa shape index (κ3) is 3.58. The molecule has 0 radical (unpaired) electrons. The van der Waals surface area contributed by atoms with Crippen LogP contribution >= 0.6 is 15.9 Å². The summed E-state index contributed by atoms with van der Waals surface area (Å²) in [5.74, 6) is 0.397. The van der Waals surface area contributed by atoms with Gasteiger partial charge in [-0.2, -0.15) is 0 Å². The van der Waals surface area contributed by atoms with Crippen molar-refractivity contribution >= 4 is 21.9 Å². The van der Waals surface area contributed by atoms with Gasteiger partial charge in [0.2, 0.25) is 0 Å². The summed E-state index contributed by atoms with van der Waals surface area (Å²) >= 11 is 3.34. The van der Waals surface area contributed by atoms with E-state index in [-0.39, 0.29) is 5.97 Å². The topological polar surface area (TPSA) is 35.5 Å². The van der Waals surface area contributed by atoms with E-state index in [2.05, 4.69) is 15.9 Å². The van der Waals surface area contributed by atoms with Gasteiger partial charge in [-0.25, -0.2) is 4.79 Å². The number of carbonyl (C=O) groups excluding carboxylic acids is 1. The minimum absolute atomic E-state index is 0.321. The first-order chi connectivity index (χ1) is 9.20. The molecule has 2 rings (SSSR count). The molecule has 98 valence electrons. The molecule has 0 fully saturated rings. The van der Waals surface area contributed by atoms with E-state index in [1.165, 1.54) is 7.11 Å². The van der Waals surface area contributed by atoms with E-state index in [4.69, 9.17) is 9.47 Å². The van der Waals surface area contributed by atoms with E-state index in [1.54, 1.807) is 6.07 Å². The van der Waals surface area contributed by atoms with Gasteiger partial charge in [-0.05, 0) is 24.3 Å². The highest BCUT2D eigenvalue weighted by Crippen LogP contribution is 2.20. The maximum Gasteiger partial charge on any atom is 0.338 e. The first-order valence-electron chi connectivity index (χ1n) is 5.75. The van der Waals surface area contributed by atoms with Crippen molar-refractivity contribution in [3.63, 3.8) is 0 Å². The van der Waals surface area contributed by atoms with Crippen LogP contribution in [-0.2, 0) is 11.3 Å². The molecule has 0 heterocycles. The Kier molecular flexibility index (Phi) is 4.58.